The number of aliphatic hydroxyl groups is 1. The summed E-state index contributed by atoms with van der Waals surface area (Å²) < 4.78 is 5.10. The fraction of sp³-hybridized carbons (Fsp3) is 0.364. The molecule has 0 bridgehead atoms. The Morgan fingerprint density at radius 3 is 2.73 bits per heavy atom. The molecule has 0 saturated heterocycles. The van der Waals surface area contributed by atoms with Crippen LogP contribution in [0.15, 0.2) is 18.2 Å². The number of aliphatic carboxylic acids is 1. The van der Waals surface area contributed by atoms with Crippen molar-refractivity contribution >= 4 is 5.97 Å². The number of aliphatic hydroxyl groups excluding tert-OH is 1. The predicted octanol–water partition coefficient (Wildman–Crippen LogP) is 0.992. The zero-order chi connectivity index (χ0) is 11.4. The third-order valence-electron chi connectivity index (χ3n) is 2.14. The first kappa shape index (κ1) is 11.5. The molecule has 0 heterocycles. The van der Waals surface area contributed by atoms with Crippen molar-refractivity contribution in [3.05, 3.63) is 29.3 Å². The molecule has 0 aliphatic heterocycles. The molecule has 0 aliphatic carbocycles. The lowest BCUT2D eigenvalue weighted by Gasteiger charge is -2.11. The van der Waals surface area contributed by atoms with E-state index in [1.54, 1.807) is 6.07 Å². The number of hydrogen-bond acceptors (Lipinski definition) is 3. The zero-order valence-corrected chi connectivity index (χ0v) is 8.73. The third-order valence-corrected chi connectivity index (χ3v) is 2.14. The maximum Gasteiger partial charge on any atom is 0.332 e. The molecule has 0 radical (unpaired) electrons. The van der Waals surface area contributed by atoms with Gasteiger partial charge in [0.2, 0.25) is 0 Å². The smallest absolute Gasteiger partial charge is 0.332 e. The van der Waals surface area contributed by atoms with Gasteiger partial charge in [0, 0.05) is 6.42 Å². The first-order valence-electron chi connectivity index (χ1n) is 4.59. The van der Waals surface area contributed by atoms with E-state index < -0.39 is 12.1 Å². The molecule has 4 heteroatoms. The highest BCUT2D eigenvalue weighted by Crippen LogP contribution is 2.21. The highest BCUT2D eigenvalue weighted by molar-refractivity contribution is 5.72. The van der Waals surface area contributed by atoms with Crippen molar-refractivity contribution in [2.75, 3.05) is 7.11 Å². The van der Waals surface area contributed by atoms with Crippen LogP contribution in [0, 0.1) is 6.92 Å². The predicted molar refractivity (Wildman–Crippen MR) is 55.1 cm³/mol. The van der Waals surface area contributed by atoms with Gasteiger partial charge in [0.25, 0.3) is 0 Å². The van der Waals surface area contributed by atoms with E-state index in [2.05, 4.69) is 0 Å². The molecule has 2 N–H and O–H groups in total. The molecule has 0 aliphatic rings. The summed E-state index contributed by atoms with van der Waals surface area (Å²) in [6.45, 7) is 1.92. The minimum absolute atomic E-state index is 0.0544. The number of aryl methyl sites for hydroxylation is 1. The summed E-state index contributed by atoms with van der Waals surface area (Å²) in [5.41, 5.74) is 1.72. The van der Waals surface area contributed by atoms with Gasteiger partial charge in [-0.15, -0.1) is 0 Å². The molecule has 1 unspecified atom stereocenters. The third kappa shape index (κ3) is 2.95. The number of carbonyl (C=O) groups is 1. The van der Waals surface area contributed by atoms with Crippen molar-refractivity contribution in [3.8, 4) is 5.75 Å². The van der Waals surface area contributed by atoms with Gasteiger partial charge in [-0.05, 0) is 24.1 Å². The highest BCUT2D eigenvalue weighted by Gasteiger charge is 2.16. The standard InChI is InChI=1S/C11H14O4/c1-7-3-4-8(10(5-7)15-2)6-9(12)11(13)14/h3-5,9,12H,6H2,1-2H3,(H,13,14). The molecule has 0 spiro atoms. The van der Waals surface area contributed by atoms with Crippen LogP contribution in [0.25, 0.3) is 0 Å². The van der Waals surface area contributed by atoms with Crippen molar-refractivity contribution in [3.63, 3.8) is 0 Å². The van der Waals surface area contributed by atoms with Gasteiger partial charge in [-0.2, -0.15) is 0 Å². The van der Waals surface area contributed by atoms with E-state index in [1.807, 2.05) is 19.1 Å². The maximum atomic E-state index is 10.5. The molecule has 1 aromatic rings. The molecule has 1 rings (SSSR count). The van der Waals surface area contributed by atoms with Crippen molar-refractivity contribution in [1.82, 2.24) is 0 Å². The first-order valence-corrected chi connectivity index (χ1v) is 4.59. The summed E-state index contributed by atoms with van der Waals surface area (Å²) in [6, 6.07) is 5.43. The SMILES string of the molecule is COc1cc(C)ccc1CC(O)C(=O)O. The second-order valence-corrected chi connectivity index (χ2v) is 3.37. The first-order chi connectivity index (χ1) is 7.04. The number of benzene rings is 1. The number of hydrogen-bond donors (Lipinski definition) is 2. The summed E-state index contributed by atoms with van der Waals surface area (Å²) in [5.74, 6) is -0.618. The Labute approximate surface area is 88.1 Å². The Kier molecular flexibility index (Phi) is 3.68. The van der Waals surface area contributed by atoms with Crippen LogP contribution < -0.4 is 4.74 Å². The van der Waals surface area contributed by atoms with Crippen LogP contribution in [-0.4, -0.2) is 29.4 Å². The molecule has 0 aromatic heterocycles. The monoisotopic (exact) mass is 210 g/mol. The molecule has 82 valence electrons. The normalized spacial score (nSPS) is 12.2. The van der Waals surface area contributed by atoms with E-state index in [0.717, 1.165) is 5.56 Å². The van der Waals surface area contributed by atoms with E-state index in [0.29, 0.717) is 11.3 Å². The number of methoxy groups -OCH3 is 1. The Morgan fingerprint density at radius 2 is 2.20 bits per heavy atom. The number of carboxylic acids is 1. The van der Waals surface area contributed by atoms with Crippen LogP contribution in [0.3, 0.4) is 0 Å². The van der Waals surface area contributed by atoms with Crippen molar-refractivity contribution in [2.45, 2.75) is 19.4 Å². The quantitative estimate of drug-likeness (QED) is 0.777. The molecule has 0 saturated carbocycles. The summed E-state index contributed by atoms with van der Waals surface area (Å²) in [6.07, 6.45) is -1.33. The van der Waals surface area contributed by atoms with Crippen LogP contribution in [0.4, 0.5) is 0 Å². The van der Waals surface area contributed by atoms with Gasteiger partial charge in [0.15, 0.2) is 6.10 Å². The Balaban J connectivity index is 2.89. The molecule has 1 aromatic carbocycles. The largest absolute Gasteiger partial charge is 0.496 e. The number of rotatable bonds is 4. The molecule has 15 heavy (non-hydrogen) atoms. The van der Waals surface area contributed by atoms with Crippen LogP contribution >= 0.6 is 0 Å². The topological polar surface area (TPSA) is 66.8 Å². The fourth-order valence-corrected chi connectivity index (χ4v) is 1.32. The summed E-state index contributed by atoms with van der Waals surface area (Å²) in [4.78, 5) is 10.5. The molecule has 4 nitrogen and oxygen atoms in total. The van der Waals surface area contributed by atoms with Crippen LogP contribution in [0.5, 0.6) is 5.75 Å². The molecule has 0 amide bonds. The van der Waals surface area contributed by atoms with Crippen molar-refractivity contribution in [2.24, 2.45) is 0 Å². The minimum atomic E-state index is -1.39. The van der Waals surface area contributed by atoms with Gasteiger partial charge in [-0.1, -0.05) is 12.1 Å². The second-order valence-electron chi connectivity index (χ2n) is 3.37. The van der Waals surface area contributed by atoms with Gasteiger partial charge in [0.05, 0.1) is 7.11 Å². The highest BCUT2D eigenvalue weighted by atomic mass is 16.5. The lowest BCUT2D eigenvalue weighted by molar-refractivity contribution is -0.146. The van der Waals surface area contributed by atoms with E-state index in [1.165, 1.54) is 7.11 Å². The van der Waals surface area contributed by atoms with Crippen LogP contribution in [0.1, 0.15) is 11.1 Å². The Bertz CT molecular complexity index is 360. The van der Waals surface area contributed by atoms with E-state index in [9.17, 15) is 9.90 Å². The molecular formula is C11H14O4. The van der Waals surface area contributed by atoms with Gasteiger partial charge >= 0.3 is 5.97 Å². The molecular weight excluding hydrogens is 196 g/mol. The summed E-state index contributed by atoms with van der Waals surface area (Å²) >= 11 is 0. The maximum absolute atomic E-state index is 10.5. The van der Waals surface area contributed by atoms with Crippen molar-refractivity contribution in [1.29, 1.82) is 0 Å². The van der Waals surface area contributed by atoms with Gasteiger partial charge in [0.1, 0.15) is 5.75 Å². The van der Waals surface area contributed by atoms with Gasteiger partial charge < -0.3 is 14.9 Å². The Hall–Kier alpha value is -1.55. The summed E-state index contributed by atoms with van der Waals surface area (Å²) in [7, 11) is 1.52. The van der Waals surface area contributed by atoms with Crippen LogP contribution in [-0.2, 0) is 11.2 Å². The number of carboxylic acid groups (broad SMARTS) is 1. The minimum Gasteiger partial charge on any atom is -0.496 e. The van der Waals surface area contributed by atoms with E-state index >= 15 is 0 Å². The second kappa shape index (κ2) is 4.79. The van der Waals surface area contributed by atoms with Gasteiger partial charge in [-0.25, -0.2) is 4.79 Å². The van der Waals surface area contributed by atoms with Crippen molar-refractivity contribution < 1.29 is 19.7 Å². The van der Waals surface area contributed by atoms with E-state index in [-0.39, 0.29) is 6.42 Å². The van der Waals surface area contributed by atoms with Gasteiger partial charge in [-0.3, -0.25) is 0 Å². The lowest BCUT2D eigenvalue weighted by Crippen LogP contribution is -2.22. The average Bonchev–Trinajstić information content (AvgIpc) is 2.20. The van der Waals surface area contributed by atoms with E-state index in [4.69, 9.17) is 9.84 Å². The summed E-state index contributed by atoms with van der Waals surface area (Å²) in [5, 5.41) is 17.8. The van der Waals surface area contributed by atoms with Crippen LogP contribution in [0.2, 0.25) is 0 Å². The zero-order valence-electron chi connectivity index (χ0n) is 8.73. The number of ether oxygens (including phenoxy) is 1. The fourth-order valence-electron chi connectivity index (χ4n) is 1.32. The lowest BCUT2D eigenvalue weighted by atomic mass is 10.0. The molecule has 0 fully saturated rings. The average molecular weight is 210 g/mol. The Morgan fingerprint density at radius 1 is 1.53 bits per heavy atom. The molecule has 1 atom stereocenters.